The molecule has 0 aliphatic rings. The van der Waals surface area contributed by atoms with Crippen LogP contribution in [0.3, 0.4) is 0 Å². The maximum Gasteiger partial charge on any atom is 0.272 e. The van der Waals surface area contributed by atoms with Gasteiger partial charge in [-0.15, -0.1) is 0 Å². The first-order chi connectivity index (χ1) is 8.54. The topological polar surface area (TPSA) is 47.0 Å². The number of alkyl halides is 2. The summed E-state index contributed by atoms with van der Waals surface area (Å²) in [5.74, 6) is 1.20. The Bertz CT molecular complexity index is 372. The van der Waals surface area contributed by atoms with Crippen LogP contribution < -0.4 is 10.1 Å². The normalized spacial score (nSPS) is 11.3. The van der Waals surface area contributed by atoms with Crippen molar-refractivity contribution in [1.82, 2.24) is 15.3 Å². The Labute approximate surface area is 106 Å². The van der Waals surface area contributed by atoms with Crippen molar-refractivity contribution in [1.29, 1.82) is 0 Å². The van der Waals surface area contributed by atoms with Crippen molar-refractivity contribution in [3.05, 3.63) is 17.7 Å². The summed E-state index contributed by atoms with van der Waals surface area (Å²) < 4.78 is 29.3. The number of nitrogens with zero attached hydrogens (tertiary/aromatic N) is 2. The highest BCUT2D eigenvalue weighted by atomic mass is 19.3. The molecule has 102 valence electrons. The molecule has 0 amide bonds. The first-order valence-electron chi connectivity index (χ1n) is 6.02. The summed E-state index contributed by atoms with van der Waals surface area (Å²) in [6, 6.07) is 0. The van der Waals surface area contributed by atoms with Gasteiger partial charge in [0.1, 0.15) is 12.4 Å². The Morgan fingerprint density at radius 3 is 2.67 bits per heavy atom. The minimum Gasteiger partial charge on any atom is -0.484 e. The molecule has 0 bridgehead atoms. The van der Waals surface area contributed by atoms with Crippen molar-refractivity contribution in [2.45, 2.75) is 39.7 Å². The van der Waals surface area contributed by atoms with Crippen LogP contribution in [-0.2, 0) is 6.54 Å². The summed E-state index contributed by atoms with van der Waals surface area (Å²) in [6.07, 6.45) is -1.03. The molecule has 1 heterocycles. The zero-order chi connectivity index (χ0) is 13.5. The lowest BCUT2D eigenvalue weighted by Gasteiger charge is -2.12. The van der Waals surface area contributed by atoms with Crippen molar-refractivity contribution in [3.8, 4) is 5.75 Å². The molecule has 0 spiro atoms. The summed E-state index contributed by atoms with van der Waals surface area (Å²) >= 11 is 0. The molecular weight excluding hydrogens is 240 g/mol. The monoisotopic (exact) mass is 259 g/mol. The first-order valence-corrected chi connectivity index (χ1v) is 6.02. The largest absolute Gasteiger partial charge is 0.484 e. The van der Waals surface area contributed by atoms with Crippen LogP contribution in [0.5, 0.6) is 5.75 Å². The van der Waals surface area contributed by atoms with Gasteiger partial charge in [-0.2, -0.15) is 0 Å². The molecule has 0 aliphatic carbocycles. The Kier molecular flexibility index (Phi) is 5.91. The average Bonchev–Trinajstić information content (AvgIpc) is 2.33. The van der Waals surface area contributed by atoms with Crippen LogP contribution in [0.4, 0.5) is 8.78 Å². The predicted octanol–water partition coefficient (Wildman–Crippen LogP) is 2.35. The number of halogens is 2. The van der Waals surface area contributed by atoms with Gasteiger partial charge in [0.2, 0.25) is 0 Å². The average molecular weight is 259 g/mol. The van der Waals surface area contributed by atoms with Crippen molar-refractivity contribution in [2.75, 3.05) is 13.2 Å². The van der Waals surface area contributed by atoms with Crippen LogP contribution in [0.15, 0.2) is 6.20 Å². The third-order valence-corrected chi connectivity index (χ3v) is 2.27. The van der Waals surface area contributed by atoms with Crippen LogP contribution in [-0.4, -0.2) is 29.5 Å². The third kappa shape index (κ3) is 4.52. The van der Waals surface area contributed by atoms with Crippen molar-refractivity contribution in [2.24, 2.45) is 0 Å². The third-order valence-electron chi connectivity index (χ3n) is 2.27. The summed E-state index contributed by atoms with van der Waals surface area (Å²) in [4.78, 5) is 8.46. The summed E-state index contributed by atoms with van der Waals surface area (Å²) in [6.45, 7) is 6.54. The molecule has 6 heteroatoms. The highest BCUT2D eigenvalue weighted by Crippen LogP contribution is 2.19. The minimum absolute atomic E-state index is 0.189. The zero-order valence-electron chi connectivity index (χ0n) is 10.9. The number of nitrogens with one attached hydrogen (secondary N) is 1. The minimum atomic E-state index is -2.50. The fourth-order valence-corrected chi connectivity index (χ4v) is 1.34. The fraction of sp³-hybridized carbons (Fsp3) is 0.667. The van der Waals surface area contributed by atoms with E-state index in [0.29, 0.717) is 23.8 Å². The molecule has 1 aromatic heterocycles. The number of hydrogen-bond acceptors (Lipinski definition) is 4. The molecule has 0 atom stereocenters. The predicted molar refractivity (Wildman–Crippen MR) is 65.0 cm³/mol. The van der Waals surface area contributed by atoms with Gasteiger partial charge in [-0.3, -0.25) is 0 Å². The standard InChI is InChI=1S/C12H19F2N3O/c1-4-15-5-9-10(18-7-11(13)14)6-16-12(17-9)8(2)3/h6,8,11,15H,4-5,7H2,1-3H3. The van der Waals surface area contributed by atoms with E-state index in [1.54, 1.807) is 0 Å². The van der Waals surface area contributed by atoms with Crippen LogP contribution in [0.1, 0.15) is 38.2 Å². The number of hydrogen-bond donors (Lipinski definition) is 1. The second-order valence-electron chi connectivity index (χ2n) is 4.18. The molecule has 1 aromatic rings. The van der Waals surface area contributed by atoms with Crippen molar-refractivity contribution < 1.29 is 13.5 Å². The molecule has 0 saturated carbocycles. The van der Waals surface area contributed by atoms with Gasteiger partial charge in [-0.1, -0.05) is 20.8 Å². The quantitative estimate of drug-likeness (QED) is 0.816. The Balaban J connectivity index is 2.85. The highest BCUT2D eigenvalue weighted by Gasteiger charge is 2.12. The molecule has 0 saturated heterocycles. The summed E-state index contributed by atoms with van der Waals surface area (Å²) in [7, 11) is 0. The number of aromatic nitrogens is 2. The van der Waals surface area contributed by atoms with Gasteiger partial charge in [-0.25, -0.2) is 18.7 Å². The zero-order valence-corrected chi connectivity index (χ0v) is 10.9. The van der Waals surface area contributed by atoms with Gasteiger partial charge in [0.15, 0.2) is 5.75 Å². The molecule has 1 N–H and O–H groups in total. The molecule has 0 aromatic carbocycles. The maximum absolute atomic E-state index is 12.1. The van der Waals surface area contributed by atoms with E-state index in [0.717, 1.165) is 6.54 Å². The van der Waals surface area contributed by atoms with E-state index < -0.39 is 13.0 Å². The van der Waals surface area contributed by atoms with E-state index >= 15 is 0 Å². The van der Waals surface area contributed by atoms with Crippen molar-refractivity contribution >= 4 is 0 Å². The fourth-order valence-electron chi connectivity index (χ4n) is 1.34. The molecule has 0 fully saturated rings. The maximum atomic E-state index is 12.1. The van der Waals surface area contributed by atoms with E-state index in [4.69, 9.17) is 4.74 Å². The Morgan fingerprint density at radius 2 is 2.11 bits per heavy atom. The first kappa shape index (κ1) is 14.8. The van der Waals surface area contributed by atoms with E-state index in [9.17, 15) is 8.78 Å². The van der Waals surface area contributed by atoms with Gasteiger partial charge < -0.3 is 10.1 Å². The second-order valence-corrected chi connectivity index (χ2v) is 4.18. The van der Waals surface area contributed by atoms with E-state index in [2.05, 4.69) is 15.3 Å². The van der Waals surface area contributed by atoms with E-state index in [1.807, 2.05) is 20.8 Å². The van der Waals surface area contributed by atoms with Crippen LogP contribution in [0.2, 0.25) is 0 Å². The van der Waals surface area contributed by atoms with E-state index in [1.165, 1.54) is 6.20 Å². The molecule has 18 heavy (non-hydrogen) atoms. The number of rotatable bonds is 7. The smallest absolute Gasteiger partial charge is 0.272 e. The summed E-state index contributed by atoms with van der Waals surface area (Å²) in [5.41, 5.74) is 0.621. The van der Waals surface area contributed by atoms with Gasteiger partial charge in [0.25, 0.3) is 6.43 Å². The van der Waals surface area contributed by atoms with E-state index in [-0.39, 0.29) is 5.92 Å². The molecule has 0 aliphatic heterocycles. The lowest BCUT2D eigenvalue weighted by atomic mass is 10.2. The molecule has 4 nitrogen and oxygen atoms in total. The van der Waals surface area contributed by atoms with Gasteiger partial charge >= 0.3 is 0 Å². The SMILES string of the molecule is CCNCc1nc(C(C)C)ncc1OCC(F)F. The lowest BCUT2D eigenvalue weighted by Crippen LogP contribution is -2.17. The lowest BCUT2D eigenvalue weighted by molar-refractivity contribution is 0.0808. The Morgan fingerprint density at radius 1 is 1.39 bits per heavy atom. The van der Waals surface area contributed by atoms with Gasteiger partial charge in [0.05, 0.1) is 11.9 Å². The number of ether oxygens (including phenoxy) is 1. The molecule has 0 radical (unpaired) electrons. The van der Waals surface area contributed by atoms with Crippen LogP contribution in [0, 0.1) is 0 Å². The summed E-state index contributed by atoms with van der Waals surface area (Å²) in [5, 5.41) is 3.10. The van der Waals surface area contributed by atoms with Gasteiger partial charge in [-0.05, 0) is 6.54 Å². The molecule has 1 rings (SSSR count). The van der Waals surface area contributed by atoms with Crippen LogP contribution >= 0.6 is 0 Å². The molecule has 0 unspecified atom stereocenters. The highest BCUT2D eigenvalue weighted by molar-refractivity contribution is 5.25. The van der Waals surface area contributed by atoms with Gasteiger partial charge in [0, 0.05) is 12.5 Å². The second kappa shape index (κ2) is 7.20. The molecular formula is C12H19F2N3O. The van der Waals surface area contributed by atoms with Crippen LogP contribution in [0.25, 0.3) is 0 Å². The van der Waals surface area contributed by atoms with Crippen molar-refractivity contribution in [3.63, 3.8) is 0 Å². The Hall–Kier alpha value is -1.30.